The number of aromatic nitrogens is 1. The van der Waals surface area contributed by atoms with E-state index in [9.17, 15) is 0 Å². The van der Waals surface area contributed by atoms with Gasteiger partial charge in [-0.05, 0) is 43.7 Å². The van der Waals surface area contributed by atoms with Crippen molar-refractivity contribution in [1.29, 1.82) is 0 Å². The summed E-state index contributed by atoms with van der Waals surface area (Å²) in [6.07, 6.45) is 8.22. The number of benzene rings is 1. The third kappa shape index (κ3) is 2.22. The molecule has 0 spiro atoms. The van der Waals surface area contributed by atoms with Gasteiger partial charge in [0.25, 0.3) is 0 Å². The van der Waals surface area contributed by atoms with Crippen LogP contribution in [-0.2, 0) is 0 Å². The SMILES string of the molecule is c1ccc2nc(C3CCC4CCCCC4N3)ccc2c1. The van der Waals surface area contributed by atoms with Gasteiger partial charge < -0.3 is 5.32 Å². The van der Waals surface area contributed by atoms with E-state index in [1.807, 2.05) is 0 Å². The molecule has 2 heterocycles. The van der Waals surface area contributed by atoms with Gasteiger partial charge >= 0.3 is 0 Å². The van der Waals surface area contributed by atoms with Crippen LogP contribution in [0.25, 0.3) is 10.9 Å². The van der Waals surface area contributed by atoms with Crippen molar-refractivity contribution in [3.8, 4) is 0 Å². The van der Waals surface area contributed by atoms with Crippen molar-refractivity contribution in [2.24, 2.45) is 5.92 Å². The van der Waals surface area contributed by atoms with E-state index in [0.29, 0.717) is 6.04 Å². The average Bonchev–Trinajstić information content (AvgIpc) is 2.54. The van der Waals surface area contributed by atoms with Crippen molar-refractivity contribution in [2.75, 3.05) is 0 Å². The Morgan fingerprint density at radius 3 is 2.80 bits per heavy atom. The van der Waals surface area contributed by atoms with E-state index in [2.05, 4.69) is 41.7 Å². The number of nitrogens with one attached hydrogen (secondary N) is 1. The van der Waals surface area contributed by atoms with Gasteiger partial charge in [-0.15, -0.1) is 0 Å². The lowest BCUT2D eigenvalue weighted by Crippen LogP contribution is -2.45. The van der Waals surface area contributed by atoms with E-state index in [0.717, 1.165) is 17.5 Å². The largest absolute Gasteiger partial charge is 0.306 e. The van der Waals surface area contributed by atoms with Gasteiger partial charge in [-0.25, -0.2) is 0 Å². The minimum atomic E-state index is 0.457. The highest BCUT2D eigenvalue weighted by molar-refractivity contribution is 5.78. The maximum atomic E-state index is 4.87. The molecule has 0 bridgehead atoms. The van der Waals surface area contributed by atoms with E-state index < -0.39 is 0 Å². The molecule has 2 aromatic rings. The van der Waals surface area contributed by atoms with Crippen LogP contribution in [0.2, 0.25) is 0 Å². The summed E-state index contributed by atoms with van der Waals surface area (Å²) in [4.78, 5) is 4.87. The fraction of sp³-hybridized carbons (Fsp3) is 0.500. The van der Waals surface area contributed by atoms with Gasteiger partial charge in [0.15, 0.2) is 0 Å². The molecule has 1 aliphatic heterocycles. The Hall–Kier alpha value is -1.41. The van der Waals surface area contributed by atoms with Crippen LogP contribution in [0.15, 0.2) is 36.4 Å². The number of hydrogen-bond donors (Lipinski definition) is 1. The minimum absolute atomic E-state index is 0.457. The second kappa shape index (κ2) is 5.17. The van der Waals surface area contributed by atoms with Crippen LogP contribution in [0, 0.1) is 5.92 Å². The molecule has 1 N–H and O–H groups in total. The van der Waals surface area contributed by atoms with Crippen LogP contribution < -0.4 is 5.32 Å². The molecule has 1 saturated heterocycles. The minimum Gasteiger partial charge on any atom is -0.306 e. The molecule has 2 aliphatic rings. The standard InChI is InChI=1S/C18H22N2/c1-3-7-15-13(5-1)9-11-17(19-15)18-12-10-14-6-2-4-8-16(14)20-18/h1,3,5,7,9,11,14,16,18,20H,2,4,6,8,10,12H2. The van der Waals surface area contributed by atoms with Gasteiger partial charge in [0.1, 0.15) is 0 Å². The highest BCUT2D eigenvalue weighted by Gasteiger charge is 2.32. The summed E-state index contributed by atoms with van der Waals surface area (Å²) in [5, 5.41) is 5.11. The number of fused-ring (bicyclic) bond motifs is 2. The van der Waals surface area contributed by atoms with Crippen molar-refractivity contribution in [1.82, 2.24) is 10.3 Å². The van der Waals surface area contributed by atoms with Crippen molar-refractivity contribution in [2.45, 2.75) is 50.6 Å². The second-order valence-electron chi connectivity index (χ2n) is 6.38. The Morgan fingerprint density at radius 2 is 1.80 bits per heavy atom. The summed E-state index contributed by atoms with van der Waals surface area (Å²) in [5.41, 5.74) is 2.35. The van der Waals surface area contributed by atoms with E-state index in [4.69, 9.17) is 4.98 Å². The summed E-state index contributed by atoms with van der Waals surface area (Å²) in [6, 6.07) is 14.0. The Labute approximate surface area is 120 Å². The Morgan fingerprint density at radius 1 is 0.900 bits per heavy atom. The number of pyridine rings is 1. The summed E-state index contributed by atoms with van der Waals surface area (Å²) in [5.74, 6) is 0.917. The molecule has 4 rings (SSSR count). The highest BCUT2D eigenvalue weighted by atomic mass is 15.0. The van der Waals surface area contributed by atoms with Gasteiger partial charge in [-0.2, -0.15) is 0 Å². The summed E-state index contributed by atoms with van der Waals surface area (Å²) >= 11 is 0. The smallest absolute Gasteiger partial charge is 0.0706 e. The van der Waals surface area contributed by atoms with Crippen LogP contribution in [-0.4, -0.2) is 11.0 Å². The molecule has 2 heteroatoms. The fourth-order valence-corrected chi connectivity index (χ4v) is 4.00. The second-order valence-corrected chi connectivity index (χ2v) is 6.38. The van der Waals surface area contributed by atoms with Gasteiger partial charge in [-0.3, -0.25) is 4.98 Å². The van der Waals surface area contributed by atoms with E-state index in [1.54, 1.807) is 0 Å². The Kier molecular flexibility index (Phi) is 3.19. The zero-order chi connectivity index (χ0) is 13.4. The van der Waals surface area contributed by atoms with Gasteiger partial charge in [0.05, 0.1) is 11.2 Å². The molecule has 2 nitrogen and oxygen atoms in total. The molecule has 1 aromatic carbocycles. The molecule has 0 amide bonds. The number of hydrogen-bond acceptors (Lipinski definition) is 2. The van der Waals surface area contributed by atoms with E-state index in [1.165, 1.54) is 49.6 Å². The monoisotopic (exact) mass is 266 g/mol. The van der Waals surface area contributed by atoms with Crippen molar-refractivity contribution in [3.63, 3.8) is 0 Å². The first-order valence-electron chi connectivity index (χ1n) is 8.02. The molecule has 3 atom stereocenters. The van der Waals surface area contributed by atoms with Crippen molar-refractivity contribution in [3.05, 3.63) is 42.1 Å². The molecular weight excluding hydrogens is 244 g/mol. The molecule has 0 radical (unpaired) electrons. The van der Waals surface area contributed by atoms with E-state index in [-0.39, 0.29) is 0 Å². The van der Waals surface area contributed by atoms with Crippen molar-refractivity contribution < 1.29 is 0 Å². The zero-order valence-corrected chi connectivity index (χ0v) is 11.9. The fourth-order valence-electron chi connectivity index (χ4n) is 4.00. The normalized spacial score (nSPS) is 30.1. The number of nitrogens with zero attached hydrogens (tertiary/aromatic N) is 1. The highest BCUT2D eigenvalue weighted by Crippen LogP contribution is 2.36. The van der Waals surface area contributed by atoms with Crippen LogP contribution in [0.5, 0.6) is 0 Å². The lowest BCUT2D eigenvalue weighted by molar-refractivity contribution is 0.175. The quantitative estimate of drug-likeness (QED) is 0.836. The molecule has 104 valence electrons. The maximum absolute atomic E-state index is 4.87. The molecule has 20 heavy (non-hydrogen) atoms. The number of piperidine rings is 1. The van der Waals surface area contributed by atoms with Gasteiger partial charge in [-0.1, -0.05) is 37.1 Å². The Bertz CT molecular complexity index is 607. The summed E-state index contributed by atoms with van der Waals surface area (Å²) in [6.45, 7) is 0. The maximum Gasteiger partial charge on any atom is 0.0706 e. The number of para-hydroxylation sites is 1. The average molecular weight is 266 g/mol. The molecule has 3 unspecified atom stereocenters. The van der Waals surface area contributed by atoms with E-state index >= 15 is 0 Å². The summed E-state index contributed by atoms with van der Waals surface area (Å²) < 4.78 is 0. The van der Waals surface area contributed by atoms with Crippen LogP contribution in [0.1, 0.15) is 50.3 Å². The van der Waals surface area contributed by atoms with Crippen LogP contribution in [0.3, 0.4) is 0 Å². The Balaban J connectivity index is 1.59. The third-order valence-electron chi connectivity index (χ3n) is 5.13. The topological polar surface area (TPSA) is 24.9 Å². The molecule has 1 aromatic heterocycles. The molecular formula is C18H22N2. The molecule has 1 saturated carbocycles. The number of rotatable bonds is 1. The van der Waals surface area contributed by atoms with Gasteiger partial charge in [0, 0.05) is 17.5 Å². The lowest BCUT2D eigenvalue weighted by atomic mass is 9.77. The predicted molar refractivity (Wildman–Crippen MR) is 82.6 cm³/mol. The first-order chi connectivity index (χ1) is 9.90. The predicted octanol–water partition coefficient (Wildman–Crippen LogP) is 4.22. The molecule has 2 fully saturated rings. The van der Waals surface area contributed by atoms with Gasteiger partial charge in [0.2, 0.25) is 0 Å². The lowest BCUT2D eigenvalue weighted by Gasteiger charge is -2.40. The van der Waals surface area contributed by atoms with Crippen LogP contribution >= 0.6 is 0 Å². The summed E-state index contributed by atoms with van der Waals surface area (Å²) in [7, 11) is 0. The molecule has 1 aliphatic carbocycles. The zero-order valence-electron chi connectivity index (χ0n) is 11.9. The first kappa shape index (κ1) is 12.3. The first-order valence-corrected chi connectivity index (χ1v) is 8.02. The van der Waals surface area contributed by atoms with Crippen LogP contribution in [0.4, 0.5) is 0 Å². The van der Waals surface area contributed by atoms with Crippen molar-refractivity contribution >= 4 is 10.9 Å². The third-order valence-corrected chi connectivity index (χ3v) is 5.13.